The van der Waals surface area contributed by atoms with Crippen LogP contribution in [0, 0.1) is 5.92 Å². The fraction of sp³-hybridized carbons (Fsp3) is 0.462. The molecule has 0 spiro atoms. The van der Waals surface area contributed by atoms with Crippen LogP contribution in [-0.4, -0.2) is 32.8 Å². The van der Waals surface area contributed by atoms with Gasteiger partial charge < -0.3 is 4.90 Å². The molecule has 0 amide bonds. The van der Waals surface area contributed by atoms with E-state index in [0.29, 0.717) is 16.0 Å². The first kappa shape index (κ1) is 13.6. The van der Waals surface area contributed by atoms with Crippen molar-refractivity contribution in [3.8, 4) is 0 Å². The monoisotopic (exact) mass is 311 g/mol. The summed E-state index contributed by atoms with van der Waals surface area (Å²) in [7, 11) is 0. The number of halogens is 2. The minimum atomic E-state index is 0.527. The summed E-state index contributed by atoms with van der Waals surface area (Å²) in [6.45, 7) is 2.78. The molecule has 20 heavy (non-hydrogen) atoms. The summed E-state index contributed by atoms with van der Waals surface area (Å²) in [6, 6.07) is 1.74. The average Bonchev–Trinajstić information content (AvgIpc) is 2.92. The Balaban J connectivity index is 1.71. The number of nitrogens with zero attached hydrogens (tertiary/aromatic N) is 5. The van der Waals surface area contributed by atoms with Crippen LogP contribution in [0.25, 0.3) is 0 Å². The van der Waals surface area contributed by atoms with Crippen molar-refractivity contribution in [3.63, 3.8) is 0 Å². The zero-order valence-corrected chi connectivity index (χ0v) is 12.4. The third kappa shape index (κ3) is 3.04. The maximum atomic E-state index is 6.24. The molecular formula is C13H15Cl2N5. The quantitative estimate of drug-likeness (QED) is 0.874. The molecule has 1 saturated heterocycles. The third-order valence-corrected chi connectivity index (χ3v) is 4.00. The number of aromatic nitrogens is 4. The van der Waals surface area contributed by atoms with Gasteiger partial charge in [0.25, 0.3) is 0 Å². The predicted molar refractivity (Wildman–Crippen MR) is 79.2 cm³/mol. The zero-order chi connectivity index (χ0) is 13.9. The van der Waals surface area contributed by atoms with E-state index in [1.807, 2.05) is 4.68 Å². The second kappa shape index (κ2) is 5.97. The number of anilines is 1. The lowest BCUT2D eigenvalue weighted by Gasteiger charge is -2.33. The van der Waals surface area contributed by atoms with Gasteiger partial charge in [-0.05, 0) is 24.8 Å². The van der Waals surface area contributed by atoms with Crippen molar-refractivity contribution in [1.29, 1.82) is 0 Å². The molecule has 1 fully saturated rings. The Kier molecular flexibility index (Phi) is 4.08. The number of hydrogen-bond acceptors (Lipinski definition) is 4. The van der Waals surface area contributed by atoms with Crippen LogP contribution in [0.3, 0.4) is 0 Å². The fourth-order valence-corrected chi connectivity index (χ4v) is 3.14. The van der Waals surface area contributed by atoms with Gasteiger partial charge in [-0.25, -0.2) is 9.97 Å². The van der Waals surface area contributed by atoms with Gasteiger partial charge in [-0.3, -0.25) is 4.68 Å². The van der Waals surface area contributed by atoms with E-state index in [1.165, 1.54) is 6.42 Å². The Bertz CT molecular complexity index is 572. The first-order valence-corrected chi connectivity index (χ1v) is 7.36. The highest BCUT2D eigenvalue weighted by atomic mass is 35.5. The van der Waals surface area contributed by atoms with Gasteiger partial charge >= 0.3 is 0 Å². The van der Waals surface area contributed by atoms with Crippen LogP contribution in [0.5, 0.6) is 0 Å². The van der Waals surface area contributed by atoms with Crippen molar-refractivity contribution in [2.24, 2.45) is 5.92 Å². The molecule has 1 atom stereocenters. The standard InChI is InChI=1S/C13H15Cl2N5/c14-11-4-12(15)13(17-5-11)19-3-1-2-10(6-19)7-20-9-16-8-18-20/h4-5,8-10H,1-3,6-7H2. The molecule has 2 aromatic rings. The molecule has 0 radical (unpaired) electrons. The molecule has 1 aliphatic rings. The summed E-state index contributed by atoms with van der Waals surface area (Å²) in [5.74, 6) is 1.35. The number of hydrogen-bond donors (Lipinski definition) is 0. The minimum absolute atomic E-state index is 0.527. The van der Waals surface area contributed by atoms with Crippen LogP contribution in [0.2, 0.25) is 10.0 Å². The van der Waals surface area contributed by atoms with Crippen molar-refractivity contribution in [2.45, 2.75) is 19.4 Å². The normalized spacial score (nSPS) is 19.3. The second-order valence-electron chi connectivity index (χ2n) is 5.03. The zero-order valence-electron chi connectivity index (χ0n) is 10.9. The summed E-state index contributed by atoms with van der Waals surface area (Å²) in [6.07, 6.45) is 7.27. The highest BCUT2D eigenvalue weighted by Gasteiger charge is 2.23. The summed E-state index contributed by atoms with van der Waals surface area (Å²) < 4.78 is 1.88. The molecule has 0 aliphatic carbocycles. The van der Waals surface area contributed by atoms with Crippen molar-refractivity contribution >= 4 is 29.0 Å². The fourth-order valence-electron chi connectivity index (χ4n) is 2.64. The van der Waals surface area contributed by atoms with E-state index in [1.54, 1.807) is 24.9 Å². The molecule has 3 rings (SSSR count). The van der Waals surface area contributed by atoms with Gasteiger partial charge in [-0.2, -0.15) is 5.10 Å². The highest BCUT2D eigenvalue weighted by molar-refractivity contribution is 6.36. The molecule has 2 aromatic heterocycles. The van der Waals surface area contributed by atoms with Crippen LogP contribution in [0.15, 0.2) is 24.9 Å². The lowest BCUT2D eigenvalue weighted by molar-refractivity contribution is 0.350. The summed E-state index contributed by atoms with van der Waals surface area (Å²) in [4.78, 5) is 10.6. The topological polar surface area (TPSA) is 46.8 Å². The van der Waals surface area contributed by atoms with E-state index in [0.717, 1.165) is 31.9 Å². The molecule has 1 unspecified atom stereocenters. The Morgan fingerprint density at radius 2 is 2.25 bits per heavy atom. The molecule has 0 aromatic carbocycles. The first-order chi connectivity index (χ1) is 9.72. The Hall–Kier alpha value is -1.33. The lowest BCUT2D eigenvalue weighted by Crippen LogP contribution is -2.37. The molecule has 0 bridgehead atoms. The average molecular weight is 312 g/mol. The van der Waals surface area contributed by atoms with Gasteiger partial charge in [0, 0.05) is 25.8 Å². The van der Waals surface area contributed by atoms with E-state index in [9.17, 15) is 0 Å². The van der Waals surface area contributed by atoms with Crippen molar-refractivity contribution < 1.29 is 0 Å². The molecular weight excluding hydrogens is 297 g/mol. The minimum Gasteiger partial charge on any atom is -0.355 e. The first-order valence-electron chi connectivity index (χ1n) is 6.61. The van der Waals surface area contributed by atoms with Crippen LogP contribution < -0.4 is 4.90 Å². The van der Waals surface area contributed by atoms with Crippen LogP contribution in [0.4, 0.5) is 5.82 Å². The van der Waals surface area contributed by atoms with Crippen molar-refractivity contribution in [1.82, 2.24) is 19.7 Å². The van der Waals surface area contributed by atoms with E-state index < -0.39 is 0 Å². The molecule has 5 nitrogen and oxygen atoms in total. The van der Waals surface area contributed by atoms with E-state index >= 15 is 0 Å². The Morgan fingerprint density at radius 1 is 1.35 bits per heavy atom. The molecule has 3 heterocycles. The second-order valence-corrected chi connectivity index (χ2v) is 5.87. The number of rotatable bonds is 3. The van der Waals surface area contributed by atoms with Gasteiger partial charge in [0.15, 0.2) is 0 Å². The predicted octanol–water partition coefficient (Wildman–Crippen LogP) is 2.90. The SMILES string of the molecule is Clc1cnc(N2CCCC(Cn3cncn3)C2)c(Cl)c1. The molecule has 0 saturated carbocycles. The Morgan fingerprint density at radius 3 is 3.00 bits per heavy atom. The summed E-state index contributed by atoms with van der Waals surface area (Å²) in [5, 5.41) is 5.34. The third-order valence-electron chi connectivity index (χ3n) is 3.52. The van der Waals surface area contributed by atoms with Gasteiger partial charge in [0.1, 0.15) is 18.5 Å². The van der Waals surface area contributed by atoms with Gasteiger partial charge in [0.2, 0.25) is 0 Å². The maximum Gasteiger partial charge on any atom is 0.147 e. The largest absolute Gasteiger partial charge is 0.355 e. The Labute approximate surface area is 127 Å². The van der Waals surface area contributed by atoms with Crippen LogP contribution in [0.1, 0.15) is 12.8 Å². The molecule has 0 N–H and O–H groups in total. The van der Waals surface area contributed by atoms with Crippen LogP contribution in [-0.2, 0) is 6.54 Å². The summed E-state index contributed by atoms with van der Waals surface area (Å²) in [5.41, 5.74) is 0. The number of piperidine rings is 1. The van der Waals surface area contributed by atoms with E-state index in [4.69, 9.17) is 23.2 Å². The summed E-state index contributed by atoms with van der Waals surface area (Å²) >= 11 is 12.1. The van der Waals surface area contributed by atoms with Crippen LogP contribution >= 0.6 is 23.2 Å². The van der Waals surface area contributed by atoms with E-state index in [-0.39, 0.29) is 0 Å². The molecule has 106 valence electrons. The van der Waals surface area contributed by atoms with Crippen molar-refractivity contribution in [3.05, 3.63) is 35.0 Å². The lowest BCUT2D eigenvalue weighted by atomic mass is 9.98. The number of pyridine rings is 1. The highest BCUT2D eigenvalue weighted by Crippen LogP contribution is 2.29. The van der Waals surface area contributed by atoms with Gasteiger partial charge in [0.05, 0.1) is 10.0 Å². The molecule has 7 heteroatoms. The van der Waals surface area contributed by atoms with E-state index in [2.05, 4.69) is 20.0 Å². The smallest absolute Gasteiger partial charge is 0.147 e. The molecule has 1 aliphatic heterocycles. The maximum absolute atomic E-state index is 6.24. The van der Waals surface area contributed by atoms with Gasteiger partial charge in [-0.1, -0.05) is 23.2 Å². The van der Waals surface area contributed by atoms with Crippen molar-refractivity contribution in [2.75, 3.05) is 18.0 Å². The van der Waals surface area contributed by atoms with Gasteiger partial charge in [-0.15, -0.1) is 0 Å².